The Morgan fingerprint density at radius 1 is 1.50 bits per heavy atom. The highest BCUT2D eigenvalue weighted by Gasteiger charge is 2.37. The maximum atomic E-state index is 12.2. The molecule has 26 heavy (non-hydrogen) atoms. The lowest BCUT2D eigenvalue weighted by atomic mass is 10.2. The molecule has 0 saturated carbocycles. The number of carbonyl (C=O) groups is 1. The smallest absolute Gasteiger partial charge is 0.328 e. The number of aliphatic hydroxyl groups is 1. The van der Waals surface area contributed by atoms with Crippen LogP contribution in [-0.4, -0.2) is 46.1 Å². The van der Waals surface area contributed by atoms with E-state index in [4.69, 9.17) is 11.2 Å². The summed E-state index contributed by atoms with van der Waals surface area (Å²) in [4.78, 5) is 14.8. The van der Waals surface area contributed by atoms with Crippen molar-refractivity contribution in [1.29, 1.82) is 0 Å². The molecule has 1 aliphatic heterocycles. The zero-order valence-electron chi connectivity index (χ0n) is 13.6. The Kier molecular flexibility index (Phi) is 6.21. The topological polar surface area (TPSA) is 78.8 Å². The average Bonchev–Trinajstić information content (AvgIpc) is 3.16. The number of halogens is 2. The van der Waals surface area contributed by atoms with Gasteiger partial charge in [-0.25, -0.2) is 9.69 Å². The molecule has 1 aromatic heterocycles. The third kappa shape index (κ3) is 3.90. The Balaban J connectivity index is 1.86. The largest absolute Gasteiger partial charge is 0.481 e. The van der Waals surface area contributed by atoms with Gasteiger partial charge in [0.2, 0.25) is 5.13 Å². The fourth-order valence-corrected chi connectivity index (χ4v) is 4.27. The molecule has 1 fully saturated rings. The quantitative estimate of drug-likeness (QED) is 0.425. The molecule has 1 aromatic carbocycles. The van der Waals surface area contributed by atoms with Crippen molar-refractivity contribution in [2.45, 2.75) is 18.8 Å². The number of urea groups is 1. The number of carbonyl (C=O) groups excluding carboxylic acids is 1. The van der Waals surface area contributed by atoms with E-state index >= 15 is 0 Å². The van der Waals surface area contributed by atoms with Crippen molar-refractivity contribution < 1.29 is 14.6 Å². The van der Waals surface area contributed by atoms with Crippen LogP contribution < -0.4 is 9.64 Å². The molecule has 7 nitrogen and oxygen atoms in total. The van der Waals surface area contributed by atoms with E-state index in [2.05, 4.69) is 61.3 Å². The van der Waals surface area contributed by atoms with Crippen molar-refractivity contribution >= 4 is 67.7 Å². The van der Waals surface area contributed by atoms with Crippen molar-refractivity contribution in [1.82, 2.24) is 15.1 Å². The highest BCUT2D eigenvalue weighted by atomic mass is 127. The Hall–Kier alpha value is -1.17. The summed E-state index contributed by atoms with van der Waals surface area (Å²) in [6, 6.07) is 5.46. The minimum Gasteiger partial charge on any atom is -0.481 e. The Morgan fingerprint density at radius 2 is 2.27 bits per heavy atom. The number of β-amino-alcohol motifs (C(OH)–C–C–N with tert-alkyl or cyclic N) is 1. The first-order valence-corrected chi connectivity index (χ1v) is 10.5. The minimum atomic E-state index is -0.947. The third-order valence-electron chi connectivity index (χ3n) is 3.67. The summed E-state index contributed by atoms with van der Waals surface area (Å²) in [6.07, 6.45) is 4.38. The number of rotatable bonds is 5. The summed E-state index contributed by atoms with van der Waals surface area (Å²) < 4.78 is 8.15. The fourth-order valence-electron chi connectivity index (χ4n) is 2.39. The first-order valence-electron chi connectivity index (χ1n) is 7.52. The molecule has 2 aromatic rings. The van der Waals surface area contributed by atoms with Gasteiger partial charge in [0, 0.05) is 10.6 Å². The van der Waals surface area contributed by atoms with Gasteiger partial charge in [-0.05, 0) is 57.3 Å². The van der Waals surface area contributed by atoms with Crippen LogP contribution in [0.3, 0.4) is 0 Å². The zero-order chi connectivity index (χ0) is 18.8. The normalized spacial score (nSPS) is 18.1. The summed E-state index contributed by atoms with van der Waals surface area (Å²) in [6.45, 7) is 0.221. The van der Waals surface area contributed by atoms with Crippen molar-refractivity contribution in [3.05, 3.63) is 30.3 Å². The van der Waals surface area contributed by atoms with Crippen LogP contribution in [0, 0.1) is 19.5 Å². The number of hydrogen-bond donors (Lipinski definition) is 1. The van der Waals surface area contributed by atoms with Gasteiger partial charge in [0.1, 0.15) is 5.75 Å². The second-order valence-electron chi connectivity index (χ2n) is 5.50. The lowest BCUT2D eigenvalue weighted by Crippen LogP contribution is -2.34. The van der Waals surface area contributed by atoms with Crippen LogP contribution in [0.15, 0.2) is 18.2 Å². The molecule has 3 rings (SSSR count). The number of hydrogen-bond acceptors (Lipinski definition) is 6. The van der Waals surface area contributed by atoms with Crippen LogP contribution in [0.5, 0.6) is 5.75 Å². The molecule has 2 unspecified atom stereocenters. The Labute approximate surface area is 182 Å². The number of benzene rings is 1. The molecule has 136 valence electrons. The highest BCUT2D eigenvalue weighted by Crippen LogP contribution is 2.34. The number of likely N-dealkylation sites (N-methyl/N-ethyl adjacent to an activating group) is 1. The van der Waals surface area contributed by atoms with E-state index < -0.39 is 12.3 Å². The maximum Gasteiger partial charge on any atom is 0.328 e. The molecule has 10 heteroatoms. The Morgan fingerprint density at radius 3 is 2.92 bits per heavy atom. The lowest BCUT2D eigenvalue weighted by molar-refractivity contribution is 0.183. The van der Waals surface area contributed by atoms with Gasteiger partial charge in [0.15, 0.2) is 17.3 Å². The molecule has 0 aliphatic carbocycles. The molecule has 1 saturated heterocycles. The zero-order valence-corrected chi connectivity index (χ0v) is 18.7. The number of ether oxygens (including phenoxy) is 1. The second kappa shape index (κ2) is 8.24. The number of terminal acetylenes is 1. The van der Waals surface area contributed by atoms with Gasteiger partial charge in [0.05, 0.1) is 16.5 Å². The van der Waals surface area contributed by atoms with Crippen LogP contribution in [0.4, 0.5) is 9.93 Å². The van der Waals surface area contributed by atoms with Gasteiger partial charge in [-0.2, -0.15) is 0 Å². The first kappa shape index (κ1) is 19.6. The van der Waals surface area contributed by atoms with Crippen LogP contribution in [0.2, 0.25) is 0 Å². The van der Waals surface area contributed by atoms with Crippen molar-refractivity contribution in [3.63, 3.8) is 0 Å². The van der Waals surface area contributed by atoms with Crippen LogP contribution in [-0.2, 0) is 0 Å². The minimum absolute atomic E-state index is 0.221. The molecule has 1 aliphatic rings. The second-order valence-corrected chi connectivity index (χ2v) is 8.73. The fraction of sp³-hybridized carbons (Fsp3) is 0.312. The number of amides is 2. The molecule has 0 bridgehead atoms. The number of anilines is 1. The van der Waals surface area contributed by atoms with Gasteiger partial charge in [-0.1, -0.05) is 17.4 Å². The van der Waals surface area contributed by atoms with Crippen molar-refractivity contribution in [2.24, 2.45) is 0 Å². The average molecular weight is 596 g/mol. The number of aromatic nitrogens is 2. The van der Waals surface area contributed by atoms with Crippen LogP contribution in [0.1, 0.15) is 17.5 Å². The summed E-state index contributed by atoms with van der Waals surface area (Å²) >= 11 is 5.65. The van der Waals surface area contributed by atoms with E-state index in [-0.39, 0.29) is 12.6 Å². The van der Waals surface area contributed by atoms with E-state index in [1.807, 2.05) is 18.2 Å². The summed E-state index contributed by atoms with van der Waals surface area (Å²) in [7, 11) is 1.62. The predicted molar refractivity (Wildman–Crippen MR) is 115 cm³/mol. The molecule has 2 heterocycles. The first-order chi connectivity index (χ1) is 12.4. The van der Waals surface area contributed by atoms with E-state index in [1.165, 1.54) is 21.1 Å². The highest BCUT2D eigenvalue weighted by molar-refractivity contribution is 14.1. The van der Waals surface area contributed by atoms with E-state index in [0.717, 1.165) is 7.14 Å². The molecule has 0 spiro atoms. The van der Waals surface area contributed by atoms with Crippen LogP contribution in [0.25, 0.3) is 0 Å². The molecular formula is C16H14I2N4O3S. The maximum absolute atomic E-state index is 12.2. The predicted octanol–water partition coefficient (Wildman–Crippen LogP) is 3.08. The molecular weight excluding hydrogens is 582 g/mol. The van der Waals surface area contributed by atoms with E-state index in [9.17, 15) is 9.90 Å². The SMILES string of the molecule is C#CCC(Oc1cccc(I)c1I)c1nnc(N2C(=O)N(C)CC2O)s1. The number of nitrogens with zero attached hydrogens (tertiary/aromatic N) is 4. The van der Waals surface area contributed by atoms with Gasteiger partial charge < -0.3 is 14.7 Å². The van der Waals surface area contributed by atoms with Gasteiger partial charge in [-0.15, -0.1) is 22.5 Å². The summed E-state index contributed by atoms with van der Waals surface area (Å²) in [5, 5.41) is 19.2. The molecule has 1 N–H and O–H groups in total. The monoisotopic (exact) mass is 596 g/mol. The summed E-state index contributed by atoms with van der Waals surface area (Å²) in [5.74, 6) is 3.31. The van der Waals surface area contributed by atoms with Crippen molar-refractivity contribution in [2.75, 3.05) is 18.5 Å². The number of aliphatic hydroxyl groups excluding tert-OH is 1. The molecule has 2 amide bonds. The molecule has 0 radical (unpaired) electrons. The standard InChI is InChI=1S/C16H14I2N4O3S/c1-3-5-11(25-10-7-4-6-9(17)13(10)18)14-19-20-15(26-14)22-12(23)8-21(2)16(22)24/h1,4,6-7,11-12,23H,5,8H2,2H3. The van der Waals surface area contributed by atoms with E-state index in [1.54, 1.807) is 7.05 Å². The molecule has 2 atom stereocenters. The van der Waals surface area contributed by atoms with Crippen molar-refractivity contribution in [3.8, 4) is 18.1 Å². The lowest BCUT2D eigenvalue weighted by Gasteiger charge is -2.16. The van der Waals surface area contributed by atoms with Crippen LogP contribution >= 0.6 is 56.5 Å². The van der Waals surface area contributed by atoms with E-state index in [0.29, 0.717) is 22.3 Å². The third-order valence-corrected chi connectivity index (χ3v) is 7.73. The Bertz CT molecular complexity index is 869. The van der Waals surface area contributed by atoms with Gasteiger partial charge in [0.25, 0.3) is 0 Å². The van der Waals surface area contributed by atoms with Gasteiger partial charge >= 0.3 is 6.03 Å². The van der Waals surface area contributed by atoms with Gasteiger partial charge in [-0.3, -0.25) is 0 Å². The summed E-state index contributed by atoms with van der Waals surface area (Å²) in [5.41, 5.74) is 0.